The smallest absolute Gasteiger partial charge is 0.307 e. The van der Waals surface area contributed by atoms with Crippen molar-refractivity contribution in [3.05, 3.63) is 29.8 Å². The summed E-state index contributed by atoms with van der Waals surface area (Å²) in [5.41, 5.74) is -0.496. The van der Waals surface area contributed by atoms with Crippen molar-refractivity contribution in [1.29, 1.82) is 0 Å². The van der Waals surface area contributed by atoms with Gasteiger partial charge in [0.1, 0.15) is 17.5 Å². The quantitative estimate of drug-likeness (QED) is 0.108. The van der Waals surface area contributed by atoms with Crippen LogP contribution in [-0.2, 0) is 67.2 Å². The Hall–Kier alpha value is -4.80. The van der Waals surface area contributed by atoms with Crippen molar-refractivity contribution in [2.45, 2.75) is 278 Å². The van der Waals surface area contributed by atoms with E-state index in [0.717, 1.165) is 102 Å². The molecule has 87 heavy (non-hydrogen) atoms. The summed E-state index contributed by atoms with van der Waals surface area (Å²) in [7, 11) is -3.79. The number of ether oxygens (including phenoxy) is 3. The molecule has 2 aliphatic carbocycles. The third kappa shape index (κ3) is 20.1. The van der Waals surface area contributed by atoms with E-state index in [9.17, 15) is 51.6 Å². The number of nitrogens with zero attached hydrogens (tertiary/aromatic N) is 2. The first-order valence-electron chi connectivity index (χ1n) is 33.3. The van der Waals surface area contributed by atoms with E-state index in [2.05, 4.69) is 27.7 Å². The predicted octanol–water partition coefficient (Wildman–Crippen LogP) is 12.5. The number of hydrogen-bond acceptors (Lipinski definition) is 14. The Bertz CT molecular complexity index is 2680. The molecule has 0 aromatic heterocycles. The number of amides is 2. The van der Waals surface area contributed by atoms with Crippen LogP contribution in [-0.4, -0.2) is 120 Å². The molecular weight excluding hydrogens is 1120 g/mol. The average molecular weight is 1230 g/mol. The van der Waals surface area contributed by atoms with Crippen LogP contribution in [0.25, 0.3) is 0 Å². The maximum atomic E-state index is 14.6. The number of piperidine rings is 2. The number of ketones is 3. The molecule has 3 unspecified atom stereocenters. The number of rotatable bonds is 12. The number of esters is 3. The monoisotopic (exact) mass is 1230 g/mol. The number of hydrogen-bond donors (Lipinski definition) is 0. The second-order valence-electron chi connectivity index (χ2n) is 29.9. The second-order valence-corrected chi connectivity index (χ2v) is 32.0. The van der Waals surface area contributed by atoms with Crippen molar-refractivity contribution in [3.8, 4) is 0 Å². The highest BCUT2D eigenvalue weighted by Gasteiger charge is 2.70. The van der Waals surface area contributed by atoms with Gasteiger partial charge in [0.05, 0.1) is 35.6 Å². The molecule has 2 saturated carbocycles. The van der Waals surface area contributed by atoms with E-state index in [0.29, 0.717) is 44.7 Å². The van der Waals surface area contributed by atoms with Crippen molar-refractivity contribution in [1.82, 2.24) is 9.80 Å². The number of carbonyl (C=O) groups is 9. The minimum absolute atomic E-state index is 0.0221. The Morgan fingerprint density at radius 1 is 0.598 bits per heavy atom. The number of Topliss-reactive ketones (excluding diaryl/α,β-unsaturated/α-hetero) is 3. The topological polar surface area (TPSA) is 222 Å². The molecule has 0 bridgehead atoms. The molecule has 16 nitrogen and oxygen atoms in total. The van der Waals surface area contributed by atoms with E-state index in [-0.39, 0.29) is 101 Å². The van der Waals surface area contributed by atoms with Crippen LogP contribution < -0.4 is 0 Å². The van der Waals surface area contributed by atoms with Crippen LogP contribution in [0.1, 0.15) is 242 Å². The fraction of sp³-hybridized carbons (Fsp3) is 0.786. The molecule has 7 rings (SSSR count). The molecule has 17 heteroatoms. The summed E-state index contributed by atoms with van der Waals surface area (Å²) >= 11 is 0. The van der Waals surface area contributed by atoms with Crippen LogP contribution in [0.4, 0.5) is 0 Å². The summed E-state index contributed by atoms with van der Waals surface area (Å²) < 4.78 is 43.1. The lowest BCUT2D eigenvalue weighted by Crippen LogP contribution is -2.49. The van der Waals surface area contributed by atoms with E-state index in [4.69, 9.17) is 14.2 Å². The van der Waals surface area contributed by atoms with Gasteiger partial charge in [0.25, 0.3) is 0 Å². The summed E-state index contributed by atoms with van der Waals surface area (Å²) in [6, 6.07) is 5.24. The predicted molar refractivity (Wildman–Crippen MR) is 333 cm³/mol. The maximum absolute atomic E-state index is 14.6. The molecule has 6 aliphatic rings. The lowest BCUT2D eigenvalue weighted by atomic mass is 9.84. The fourth-order valence-electron chi connectivity index (χ4n) is 14.9. The first-order valence-corrected chi connectivity index (χ1v) is 35.0. The third-order valence-corrected chi connectivity index (χ3v) is 21.6. The molecule has 11 atom stereocenters. The van der Waals surface area contributed by atoms with Gasteiger partial charge in [-0.1, -0.05) is 148 Å². The Balaban J connectivity index is 0.000000300. The van der Waals surface area contributed by atoms with Crippen LogP contribution in [0.3, 0.4) is 0 Å². The number of benzene rings is 1. The molecule has 488 valence electrons. The molecule has 0 radical (unpaired) electrons. The van der Waals surface area contributed by atoms with Gasteiger partial charge < -0.3 is 28.8 Å². The van der Waals surface area contributed by atoms with Crippen LogP contribution >= 0.6 is 0 Å². The Kier molecular flexibility index (Phi) is 25.2. The van der Waals surface area contributed by atoms with E-state index in [1.165, 1.54) is 31.9 Å². The number of sulfone groups is 1. The fourth-order valence-corrected chi connectivity index (χ4v) is 16.2. The molecule has 1 aromatic rings. The SMILES string of the molecule is CC(=O)OC(C(=O)CCS(=O)(=O)c1ccc(C)cc1)[C@@H]1CCCCCCCCCC[C@H](CC(=O)OC(C)(C)C)C(=O)N2CC3[C@@H]([C@H]2C(=O)C1)C3(C)C.CC(C)(C)OC(=O)C[C@H]1CCCCCCCCCC[C@@H](C=O)CC(=O)[C@@H]2[C@@H]3C(CN2C1=O)C3(C)C. The lowest BCUT2D eigenvalue weighted by Gasteiger charge is -2.34. The van der Waals surface area contributed by atoms with Gasteiger partial charge in [0.15, 0.2) is 33.3 Å². The van der Waals surface area contributed by atoms with Crippen LogP contribution in [0.15, 0.2) is 29.2 Å². The van der Waals surface area contributed by atoms with E-state index in [1.807, 2.05) is 27.7 Å². The van der Waals surface area contributed by atoms with Gasteiger partial charge in [-0.05, 0) is 121 Å². The molecular formula is C70H108N2O14S. The van der Waals surface area contributed by atoms with Crippen molar-refractivity contribution in [3.63, 3.8) is 0 Å². The largest absolute Gasteiger partial charge is 0.460 e. The van der Waals surface area contributed by atoms with Gasteiger partial charge in [-0.25, -0.2) is 8.42 Å². The summed E-state index contributed by atoms with van der Waals surface area (Å²) in [5, 5.41) is 0. The van der Waals surface area contributed by atoms with E-state index < -0.39 is 80.5 Å². The zero-order valence-electron chi connectivity index (χ0n) is 55.1. The van der Waals surface area contributed by atoms with Crippen LogP contribution in [0.2, 0.25) is 0 Å². The summed E-state index contributed by atoms with van der Waals surface area (Å²) in [6.45, 7) is 23.5. The zero-order chi connectivity index (χ0) is 64.2. The maximum Gasteiger partial charge on any atom is 0.307 e. The molecule has 0 N–H and O–H groups in total. The molecule has 4 saturated heterocycles. The van der Waals surface area contributed by atoms with Crippen LogP contribution in [0, 0.1) is 65.1 Å². The Morgan fingerprint density at radius 2 is 0.989 bits per heavy atom. The number of aldehydes is 1. The highest BCUT2D eigenvalue weighted by atomic mass is 32.2. The summed E-state index contributed by atoms with van der Waals surface area (Å²) in [6.07, 6.45) is 17.9. The Morgan fingerprint density at radius 3 is 1.39 bits per heavy atom. The van der Waals surface area contributed by atoms with Crippen LogP contribution in [0.5, 0.6) is 0 Å². The van der Waals surface area contributed by atoms with Gasteiger partial charge in [-0.15, -0.1) is 0 Å². The highest BCUT2D eigenvalue weighted by molar-refractivity contribution is 7.91. The van der Waals surface area contributed by atoms with Gasteiger partial charge in [-0.2, -0.15) is 0 Å². The molecule has 6 fully saturated rings. The average Bonchev–Trinajstić information content (AvgIpc) is 1.54. The Labute approximate surface area is 521 Å². The second kappa shape index (κ2) is 30.8. The lowest BCUT2D eigenvalue weighted by molar-refractivity contribution is -0.160. The minimum Gasteiger partial charge on any atom is -0.460 e. The summed E-state index contributed by atoms with van der Waals surface area (Å²) in [5.74, 6) is -4.37. The van der Waals surface area contributed by atoms with Gasteiger partial charge in [0.2, 0.25) is 11.8 Å². The zero-order valence-corrected chi connectivity index (χ0v) is 55.9. The van der Waals surface area contributed by atoms with Crippen molar-refractivity contribution < 1.29 is 65.8 Å². The molecule has 4 aliphatic heterocycles. The molecule has 0 spiro atoms. The van der Waals surface area contributed by atoms with Crippen molar-refractivity contribution in [2.24, 2.45) is 58.2 Å². The first kappa shape index (κ1) is 71.3. The van der Waals surface area contributed by atoms with Gasteiger partial charge in [0, 0.05) is 62.9 Å². The van der Waals surface area contributed by atoms with E-state index >= 15 is 0 Å². The number of fused-ring (bicyclic) bond motifs is 6. The number of carbonyl (C=O) groups excluding carboxylic acids is 9. The van der Waals surface area contributed by atoms with E-state index in [1.54, 1.807) is 42.7 Å². The third-order valence-electron chi connectivity index (χ3n) is 19.9. The normalized spacial score (nSPS) is 29.2. The van der Waals surface area contributed by atoms with Crippen molar-refractivity contribution in [2.75, 3.05) is 18.8 Å². The number of aryl methyl sites for hydroxylation is 1. The van der Waals surface area contributed by atoms with Crippen molar-refractivity contribution >= 4 is 63.2 Å². The molecule has 4 heterocycles. The van der Waals surface area contributed by atoms with Gasteiger partial charge >= 0.3 is 17.9 Å². The molecule has 2 amide bonds. The highest BCUT2D eigenvalue weighted by Crippen LogP contribution is 2.66. The summed E-state index contributed by atoms with van der Waals surface area (Å²) in [4.78, 5) is 124. The minimum atomic E-state index is -3.79. The standard InChI is InChI=1S/C41H61NO9S.C29H47NO5/c1-27-18-20-31(21-19-27)52(48,49)23-22-33(44)38(50-28(2)43)29-16-14-12-10-8-9-11-13-15-17-30(25-35(46)51-40(3,4)5)39(47)42-26-32-36(41(32,6)7)37(42)34(45)24-29;1-28(2,3)35-24(33)17-21-15-13-11-9-7-6-8-10-12-14-20(19-31)16-23(32)26-25-22(29(25,4)5)18-30(26)27(21)34/h18-21,29-30,32,36-38H,8-17,22-26H2,1-7H3;19-22,25-26H,6-18H2,1-5H3/t29-,30-,32?,36+,37-,38?;20-,21-,22?,25+,26-/m11/s1. The molecule has 1 aromatic carbocycles. The van der Waals surface area contributed by atoms with Gasteiger partial charge in [-0.3, -0.25) is 38.4 Å². The first-order chi connectivity index (χ1) is 40.8.